The van der Waals surface area contributed by atoms with Crippen LogP contribution in [0.5, 0.6) is 0 Å². The minimum atomic E-state index is -0.182. The third-order valence-corrected chi connectivity index (χ3v) is 4.43. The molecule has 2 aromatic rings. The smallest absolute Gasteiger partial charge is 0.146 e. The molecule has 0 amide bonds. The zero-order chi connectivity index (χ0) is 12.4. The lowest BCUT2D eigenvalue weighted by atomic mass is 10.1. The summed E-state index contributed by atoms with van der Waals surface area (Å²) >= 11 is 1.88. The molecule has 1 nitrogen and oxygen atoms in total. The Morgan fingerprint density at radius 2 is 1.89 bits per heavy atom. The van der Waals surface area contributed by atoms with Gasteiger partial charge in [-0.2, -0.15) is 0 Å². The summed E-state index contributed by atoms with van der Waals surface area (Å²) in [5, 5.41) is 3.68. The van der Waals surface area contributed by atoms with Crippen molar-refractivity contribution in [1.82, 2.24) is 0 Å². The number of benzene rings is 2. The van der Waals surface area contributed by atoms with E-state index in [4.69, 9.17) is 0 Å². The molecule has 92 valence electrons. The summed E-state index contributed by atoms with van der Waals surface area (Å²) in [5.74, 6) is -0.182. The standard InChI is InChI=1S/C15H14FNS/c16-13-6-2-3-7-14(13)17-10-12-9-11-5-1-4-8-15(11)18-12/h1-8,12,17H,9-10H2. The van der Waals surface area contributed by atoms with Crippen molar-refractivity contribution < 1.29 is 4.39 Å². The van der Waals surface area contributed by atoms with Crippen molar-refractivity contribution in [1.29, 1.82) is 0 Å². The molecule has 3 heteroatoms. The van der Waals surface area contributed by atoms with Crippen LogP contribution >= 0.6 is 11.8 Å². The fourth-order valence-electron chi connectivity index (χ4n) is 2.20. The highest BCUT2D eigenvalue weighted by atomic mass is 32.2. The van der Waals surface area contributed by atoms with Crippen molar-refractivity contribution in [3.63, 3.8) is 0 Å². The van der Waals surface area contributed by atoms with E-state index < -0.39 is 0 Å². The van der Waals surface area contributed by atoms with E-state index in [1.807, 2.05) is 17.8 Å². The minimum absolute atomic E-state index is 0.182. The number of anilines is 1. The number of hydrogen-bond acceptors (Lipinski definition) is 2. The lowest BCUT2D eigenvalue weighted by molar-refractivity contribution is 0.630. The Labute approximate surface area is 110 Å². The molecular formula is C15H14FNS. The van der Waals surface area contributed by atoms with Crippen LogP contribution in [0.4, 0.5) is 10.1 Å². The van der Waals surface area contributed by atoms with Crippen molar-refractivity contribution in [2.45, 2.75) is 16.6 Å². The Bertz CT molecular complexity index is 531. The zero-order valence-electron chi connectivity index (χ0n) is 9.90. The van der Waals surface area contributed by atoms with E-state index in [0.29, 0.717) is 10.9 Å². The Balaban J connectivity index is 1.62. The second-order valence-electron chi connectivity index (χ2n) is 4.41. The van der Waals surface area contributed by atoms with Crippen molar-refractivity contribution in [3.05, 3.63) is 59.9 Å². The first-order valence-electron chi connectivity index (χ1n) is 6.06. The van der Waals surface area contributed by atoms with E-state index >= 15 is 0 Å². The molecule has 18 heavy (non-hydrogen) atoms. The molecule has 1 N–H and O–H groups in total. The summed E-state index contributed by atoms with van der Waals surface area (Å²) in [7, 11) is 0. The van der Waals surface area contributed by atoms with E-state index in [1.54, 1.807) is 12.1 Å². The van der Waals surface area contributed by atoms with E-state index in [-0.39, 0.29) is 5.82 Å². The van der Waals surface area contributed by atoms with Gasteiger partial charge in [0.2, 0.25) is 0 Å². The Kier molecular flexibility index (Phi) is 3.24. The third kappa shape index (κ3) is 2.36. The quantitative estimate of drug-likeness (QED) is 0.895. The maximum Gasteiger partial charge on any atom is 0.146 e. The van der Waals surface area contributed by atoms with Gasteiger partial charge >= 0.3 is 0 Å². The monoisotopic (exact) mass is 259 g/mol. The first-order valence-corrected chi connectivity index (χ1v) is 6.94. The molecule has 1 unspecified atom stereocenters. The van der Waals surface area contributed by atoms with Gasteiger partial charge in [0.1, 0.15) is 5.82 Å². The van der Waals surface area contributed by atoms with Gasteiger partial charge in [0.15, 0.2) is 0 Å². The SMILES string of the molecule is Fc1ccccc1NCC1Cc2ccccc2S1. The van der Waals surface area contributed by atoms with Gasteiger partial charge in [-0.3, -0.25) is 0 Å². The van der Waals surface area contributed by atoms with Gasteiger partial charge in [-0.05, 0) is 30.2 Å². The Morgan fingerprint density at radius 3 is 2.72 bits per heavy atom. The number of halogens is 1. The molecule has 1 heterocycles. The van der Waals surface area contributed by atoms with Gasteiger partial charge in [-0.25, -0.2) is 4.39 Å². The van der Waals surface area contributed by atoms with Gasteiger partial charge < -0.3 is 5.32 Å². The van der Waals surface area contributed by atoms with E-state index in [2.05, 4.69) is 29.6 Å². The van der Waals surface area contributed by atoms with Crippen molar-refractivity contribution in [3.8, 4) is 0 Å². The largest absolute Gasteiger partial charge is 0.382 e. The molecular weight excluding hydrogens is 245 g/mol. The molecule has 1 atom stereocenters. The van der Waals surface area contributed by atoms with Crippen LogP contribution in [0.2, 0.25) is 0 Å². The summed E-state index contributed by atoms with van der Waals surface area (Å²) in [4.78, 5) is 1.36. The number of thioether (sulfide) groups is 1. The molecule has 0 aliphatic carbocycles. The molecule has 0 fully saturated rings. The normalized spacial score (nSPS) is 17.5. The predicted octanol–water partition coefficient (Wildman–Crippen LogP) is 3.95. The van der Waals surface area contributed by atoms with E-state index in [9.17, 15) is 4.39 Å². The van der Waals surface area contributed by atoms with Gasteiger partial charge in [0.25, 0.3) is 0 Å². The fourth-order valence-corrected chi connectivity index (χ4v) is 3.44. The molecule has 2 aromatic carbocycles. The van der Waals surface area contributed by atoms with Crippen LogP contribution < -0.4 is 5.32 Å². The summed E-state index contributed by atoms with van der Waals surface area (Å²) in [6.07, 6.45) is 1.06. The molecule has 3 rings (SSSR count). The van der Waals surface area contributed by atoms with Crippen molar-refractivity contribution in [2.24, 2.45) is 0 Å². The second-order valence-corrected chi connectivity index (χ2v) is 5.75. The maximum atomic E-state index is 13.5. The maximum absolute atomic E-state index is 13.5. The van der Waals surface area contributed by atoms with Gasteiger partial charge in [-0.15, -0.1) is 11.8 Å². The highest BCUT2D eigenvalue weighted by Gasteiger charge is 2.21. The molecule has 0 bridgehead atoms. The first kappa shape index (κ1) is 11.6. The van der Waals surface area contributed by atoms with Gasteiger partial charge in [-0.1, -0.05) is 30.3 Å². The second kappa shape index (κ2) is 5.02. The number of nitrogens with one attached hydrogen (secondary N) is 1. The molecule has 1 aliphatic rings. The Hall–Kier alpha value is -1.48. The Morgan fingerprint density at radius 1 is 1.11 bits per heavy atom. The average molecular weight is 259 g/mol. The number of hydrogen-bond donors (Lipinski definition) is 1. The minimum Gasteiger partial charge on any atom is -0.382 e. The molecule has 0 saturated carbocycles. The van der Waals surface area contributed by atoms with Crippen molar-refractivity contribution in [2.75, 3.05) is 11.9 Å². The average Bonchev–Trinajstić information content (AvgIpc) is 2.80. The highest BCUT2D eigenvalue weighted by molar-refractivity contribution is 8.00. The van der Waals surface area contributed by atoms with Crippen molar-refractivity contribution >= 4 is 17.4 Å². The molecule has 1 aliphatic heterocycles. The van der Waals surface area contributed by atoms with Crippen LogP contribution in [0.25, 0.3) is 0 Å². The first-order chi connectivity index (χ1) is 8.83. The molecule has 0 aromatic heterocycles. The molecule has 0 spiro atoms. The topological polar surface area (TPSA) is 12.0 Å². The number of fused-ring (bicyclic) bond motifs is 1. The fraction of sp³-hybridized carbons (Fsp3) is 0.200. The summed E-state index contributed by atoms with van der Waals surface area (Å²) in [6.45, 7) is 0.792. The lowest BCUT2D eigenvalue weighted by Gasteiger charge is -2.11. The van der Waals surface area contributed by atoms with Crippen LogP contribution in [0.1, 0.15) is 5.56 Å². The predicted molar refractivity (Wildman–Crippen MR) is 74.7 cm³/mol. The third-order valence-electron chi connectivity index (χ3n) is 3.11. The van der Waals surface area contributed by atoms with Crippen LogP contribution in [0.15, 0.2) is 53.4 Å². The lowest BCUT2D eigenvalue weighted by Crippen LogP contribution is -2.16. The highest BCUT2D eigenvalue weighted by Crippen LogP contribution is 2.36. The van der Waals surface area contributed by atoms with Gasteiger partial charge in [0.05, 0.1) is 5.69 Å². The van der Waals surface area contributed by atoms with Crippen LogP contribution in [0, 0.1) is 5.82 Å². The summed E-state index contributed by atoms with van der Waals surface area (Å²) in [6, 6.07) is 15.3. The van der Waals surface area contributed by atoms with E-state index in [0.717, 1.165) is 13.0 Å². The van der Waals surface area contributed by atoms with E-state index in [1.165, 1.54) is 16.5 Å². The van der Waals surface area contributed by atoms with Crippen LogP contribution in [0.3, 0.4) is 0 Å². The van der Waals surface area contributed by atoms with Crippen LogP contribution in [-0.2, 0) is 6.42 Å². The number of rotatable bonds is 3. The molecule has 0 saturated heterocycles. The summed E-state index contributed by atoms with van der Waals surface area (Å²) < 4.78 is 13.5. The molecule has 0 radical (unpaired) electrons. The number of para-hydroxylation sites is 1. The summed E-state index contributed by atoms with van der Waals surface area (Å²) in [5.41, 5.74) is 2.00. The zero-order valence-corrected chi connectivity index (χ0v) is 10.7. The van der Waals surface area contributed by atoms with Crippen LogP contribution in [-0.4, -0.2) is 11.8 Å². The van der Waals surface area contributed by atoms with Gasteiger partial charge in [0, 0.05) is 16.7 Å².